The van der Waals surface area contributed by atoms with Crippen molar-refractivity contribution in [3.63, 3.8) is 0 Å². The topological polar surface area (TPSA) is 28.5 Å². The van der Waals surface area contributed by atoms with E-state index in [0.29, 0.717) is 0 Å². The van der Waals surface area contributed by atoms with Crippen molar-refractivity contribution < 1.29 is 31.1 Å². The van der Waals surface area contributed by atoms with Crippen molar-refractivity contribution in [3.8, 4) is 0 Å². The van der Waals surface area contributed by atoms with E-state index >= 15 is 0 Å². The summed E-state index contributed by atoms with van der Waals surface area (Å²) in [5.74, 6) is 0. The van der Waals surface area contributed by atoms with Gasteiger partial charge < -0.3 is 14.0 Å². The predicted molar refractivity (Wildman–Crippen MR) is 24.6 cm³/mol. The summed E-state index contributed by atoms with van der Waals surface area (Å²) in [4.78, 5) is 0. The fraction of sp³-hybridized carbons (Fsp3) is 0. The van der Waals surface area contributed by atoms with Crippen LogP contribution in [0.1, 0.15) is 8.56 Å². The van der Waals surface area contributed by atoms with Gasteiger partial charge in [-0.25, -0.2) is 0 Å². The van der Waals surface area contributed by atoms with Gasteiger partial charge in [0.25, 0.3) is 0 Å². The van der Waals surface area contributed by atoms with Gasteiger partial charge in [0, 0.05) is 0 Å². The molecular formula is H6BaCaCuOSr. The van der Waals surface area contributed by atoms with Gasteiger partial charge in [-0.2, -0.15) is 0 Å². The van der Waals surface area contributed by atoms with Crippen LogP contribution in [0.5, 0.6) is 0 Å². The Morgan fingerprint density at radius 3 is 1.20 bits per heavy atom. The smallest absolute Gasteiger partial charge is 2.00 e. The van der Waals surface area contributed by atoms with Crippen LogP contribution in [0.25, 0.3) is 0 Å². The van der Waals surface area contributed by atoms with Gasteiger partial charge in [-0.15, -0.1) is 0 Å². The molecule has 0 unspecified atom stereocenters. The van der Waals surface area contributed by atoms with Gasteiger partial charge in [-0.3, -0.25) is 0 Å². The maximum atomic E-state index is 0. The van der Waals surface area contributed by atoms with Gasteiger partial charge in [-0.1, -0.05) is 0 Å². The molecule has 0 atom stereocenters. The number of hydrogen-bond donors (Lipinski definition) is 0. The second kappa shape index (κ2) is 23.2. The van der Waals surface area contributed by atoms with Gasteiger partial charge in [0.15, 0.2) is 0 Å². The first kappa shape index (κ1) is 33.0. The van der Waals surface area contributed by atoms with Gasteiger partial charge in [0.05, 0.1) is 0 Å². The average Bonchev–Trinajstić information content (AvgIpc) is 0. The Morgan fingerprint density at radius 1 is 1.20 bits per heavy atom. The molecule has 0 amide bonds. The summed E-state index contributed by atoms with van der Waals surface area (Å²) < 4.78 is 0. The number of rotatable bonds is 0. The van der Waals surface area contributed by atoms with Gasteiger partial charge >= 0.3 is 149 Å². The second-order valence-corrected chi connectivity index (χ2v) is 0. The van der Waals surface area contributed by atoms with Crippen molar-refractivity contribution in [2.45, 2.75) is 0 Å². The van der Waals surface area contributed by atoms with E-state index in [4.69, 9.17) is 0 Å². The summed E-state index contributed by atoms with van der Waals surface area (Å²) in [5, 5.41) is 0. The molecule has 0 saturated carbocycles. The first-order valence-electron chi connectivity index (χ1n) is 0. The summed E-state index contributed by atoms with van der Waals surface area (Å²) in [6.07, 6.45) is 0. The minimum absolute atomic E-state index is 0. The Morgan fingerprint density at radius 2 is 1.20 bits per heavy atom. The predicted octanol–water partition coefficient (Wildman–Crippen LogP) is -0.589. The molecule has 1 radical (unpaired) electrons. The first-order valence-corrected chi connectivity index (χ1v) is 0. The van der Waals surface area contributed by atoms with E-state index in [0.717, 1.165) is 0 Å². The molecule has 1 nitrogen and oxygen atoms in total. The van der Waals surface area contributed by atoms with Crippen LogP contribution in [0, 0.1) is 0 Å². The summed E-state index contributed by atoms with van der Waals surface area (Å²) >= 11 is 0. The van der Waals surface area contributed by atoms with E-state index in [1.807, 2.05) is 0 Å². The maximum Gasteiger partial charge on any atom is 2.00 e. The van der Waals surface area contributed by atoms with E-state index in [2.05, 4.69) is 0 Å². The van der Waals surface area contributed by atoms with E-state index in [1.165, 1.54) is 0 Å². The molecular weight excluding hydrogens is 345 g/mol. The SMILES string of the molecule is [Ba+2].[Ca+2].[Cu+2].[H-].[H-].[H-].[H-].[H-].[H-].[O-2].[Sr+2]. The van der Waals surface area contributed by atoms with Crippen LogP contribution in [0.2, 0.25) is 0 Å². The van der Waals surface area contributed by atoms with Gasteiger partial charge in [0.2, 0.25) is 0 Å². The van der Waals surface area contributed by atoms with E-state index in [-0.39, 0.29) is 163 Å². The summed E-state index contributed by atoms with van der Waals surface area (Å²) in [5.41, 5.74) is 0. The molecule has 0 N–H and O–H groups in total. The molecule has 29 valence electrons. The van der Waals surface area contributed by atoms with E-state index in [9.17, 15) is 0 Å². The quantitative estimate of drug-likeness (QED) is 0.523. The van der Waals surface area contributed by atoms with Crippen molar-refractivity contribution >= 4 is 132 Å². The third-order valence-electron chi connectivity index (χ3n) is 0. The molecule has 5 heteroatoms. The molecule has 0 spiro atoms. The Kier molecular flexibility index (Phi) is 153. The zero-order valence-corrected chi connectivity index (χ0v) is 13.9. The van der Waals surface area contributed by atoms with E-state index in [1.54, 1.807) is 0 Å². The van der Waals surface area contributed by atoms with Crippen molar-refractivity contribution in [3.05, 3.63) is 0 Å². The van der Waals surface area contributed by atoms with Crippen LogP contribution >= 0.6 is 0 Å². The first-order chi connectivity index (χ1) is 0. The van der Waals surface area contributed by atoms with Crippen molar-refractivity contribution in [1.29, 1.82) is 0 Å². The molecule has 0 rings (SSSR count). The molecule has 0 fully saturated rings. The summed E-state index contributed by atoms with van der Waals surface area (Å²) in [6, 6.07) is 0. The molecule has 0 bridgehead atoms. The van der Waals surface area contributed by atoms with Crippen molar-refractivity contribution in [2.75, 3.05) is 0 Å². The maximum absolute atomic E-state index is 0. The molecule has 0 heterocycles. The zero-order chi connectivity index (χ0) is 0. The Bertz CT molecular complexity index is 22.5. The molecule has 0 saturated heterocycles. The third-order valence-corrected chi connectivity index (χ3v) is 0. The molecule has 5 heavy (non-hydrogen) atoms. The van der Waals surface area contributed by atoms with Gasteiger partial charge in [-0.05, 0) is 0 Å². The Hall–Kier alpha value is 4.79. The van der Waals surface area contributed by atoms with Crippen LogP contribution in [0.3, 0.4) is 0 Å². The second-order valence-electron chi connectivity index (χ2n) is 0. The fourth-order valence-corrected chi connectivity index (χ4v) is 0. The summed E-state index contributed by atoms with van der Waals surface area (Å²) in [7, 11) is 0. The van der Waals surface area contributed by atoms with Gasteiger partial charge in [0.1, 0.15) is 0 Å². The largest absolute Gasteiger partial charge is 2.00 e. The molecule has 0 aliphatic heterocycles. The molecule has 0 aliphatic carbocycles. The zero-order valence-electron chi connectivity index (χ0n) is 8.83. The van der Waals surface area contributed by atoms with E-state index < -0.39 is 0 Å². The van der Waals surface area contributed by atoms with Crippen molar-refractivity contribution in [1.82, 2.24) is 0 Å². The van der Waals surface area contributed by atoms with Crippen LogP contribution in [0.15, 0.2) is 0 Å². The molecule has 0 aromatic heterocycles. The minimum Gasteiger partial charge on any atom is -2.00 e. The fourth-order valence-electron chi connectivity index (χ4n) is 0. The molecule has 0 aromatic rings. The minimum atomic E-state index is 0. The van der Waals surface area contributed by atoms with Crippen LogP contribution in [-0.2, 0) is 22.5 Å². The normalized spacial score (nSPS) is 0. The van der Waals surface area contributed by atoms with Crippen LogP contribution in [-0.4, -0.2) is 132 Å². The third kappa shape index (κ3) is 17.7. The van der Waals surface area contributed by atoms with Crippen LogP contribution in [0.4, 0.5) is 0 Å². The monoisotopic (exact) mass is 351 g/mol. The molecule has 0 aliphatic rings. The standard InChI is InChI=1S/Ba.Ca.Cu.O.Sr.6H/q3*+2;-2;+2;6*-1. The Labute approximate surface area is 158 Å². The molecule has 0 aromatic carbocycles. The average molecular weight is 351 g/mol. The number of hydrogen-bond acceptors (Lipinski definition) is 0. The Balaban J connectivity index is 0. The van der Waals surface area contributed by atoms with Crippen molar-refractivity contribution in [2.24, 2.45) is 0 Å². The van der Waals surface area contributed by atoms with Crippen LogP contribution < -0.4 is 0 Å². The summed E-state index contributed by atoms with van der Waals surface area (Å²) in [6.45, 7) is 0.